The maximum atomic E-state index is 11.8. The van der Waals surface area contributed by atoms with Crippen molar-refractivity contribution in [1.29, 1.82) is 0 Å². The first-order valence-corrected chi connectivity index (χ1v) is 5.65. The van der Waals surface area contributed by atoms with E-state index in [2.05, 4.69) is 5.10 Å². The van der Waals surface area contributed by atoms with Crippen molar-refractivity contribution in [2.75, 3.05) is 13.6 Å². The van der Waals surface area contributed by atoms with E-state index in [1.165, 1.54) is 18.1 Å². The molecule has 6 nitrogen and oxygen atoms in total. The van der Waals surface area contributed by atoms with Gasteiger partial charge in [-0.15, -0.1) is 0 Å². The Morgan fingerprint density at radius 1 is 1.44 bits per heavy atom. The van der Waals surface area contributed by atoms with Gasteiger partial charge in [-0.1, -0.05) is 0 Å². The summed E-state index contributed by atoms with van der Waals surface area (Å²) in [4.78, 5) is 24.7. The molecule has 1 rings (SSSR count). The Labute approximate surface area is 107 Å². The average molecular weight is 253 g/mol. The zero-order valence-corrected chi connectivity index (χ0v) is 11.4. The summed E-state index contributed by atoms with van der Waals surface area (Å²) in [6.07, 6.45) is 2.58. The molecule has 0 unspecified atom stereocenters. The lowest BCUT2D eigenvalue weighted by atomic mass is 10.2. The molecule has 0 saturated carbocycles. The number of aryl methyl sites for hydroxylation is 1. The SMILES string of the molecule is CN(CC(=O)c1cnn(C)c1)C(=O)OC(C)(C)C. The Bertz CT molecular complexity index is 446. The number of ether oxygens (including phenoxy) is 1. The predicted molar refractivity (Wildman–Crippen MR) is 66.4 cm³/mol. The number of hydrogen-bond donors (Lipinski definition) is 0. The predicted octanol–water partition coefficient (Wildman–Crippen LogP) is 1.47. The highest BCUT2D eigenvalue weighted by molar-refractivity contribution is 5.98. The van der Waals surface area contributed by atoms with Crippen LogP contribution in [0.3, 0.4) is 0 Å². The number of carbonyl (C=O) groups excluding carboxylic acids is 2. The number of nitrogens with zero attached hydrogens (tertiary/aromatic N) is 3. The summed E-state index contributed by atoms with van der Waals surface area (Å²) in [7, 11) is 3.26. The van der Waals surface area contributed by atoms with Gasteiger partial charge in [-0.05, 0) is 20.8 Å². The zero-order chi connectivity index (χ0) is 13.9. The van der Waals surface area contributed by atoms with Gasteiger partial charge in [-0.25, -0.2) is 4.79 Å². The van der Waals surface area contributed by atoms with Crippen LogP contribution in [0.15, 0.2) is 12.4 Å². The van der Waals surface area contributed by atoms with Gasteiger partial charge in [0.1, 0.15) is 5.60 Å². The van der Waals surface area contributed by atoms with Crippen LogP contribution >= 0.6 is 0 Å². The second kappa shape index (κ2) is 5.20. The molecule has 6 heteroatoms. The van der Waals surface area contributed by atoms with Crippen molar-refractivity contribution < 1.29 is 14.3 Å². The minimum atomic E-state index is -0.567. The lowest BCUT2D eigenvalue weighted by molar-refractivity contribution is 0.0295. The molecule has 0 aliphatic carbocycles. The minimum Gasteiger partial charge on any atom is -0.444 e. The Morgan fingerprint density at radius 2 is 2.06 bits per heavy atom. The summed E-state index contributed by atoms with van der Waals surface area (Å²) in [6, 6.07) is 0. The van der Waals surface area contributed by atoms with Crippen LogP contribution in [0.1, 0.15) is 31.1 Å². The number of rotatable bonds is 3. The smallest absolute Gasteiger partial charge is 0.410 e. The summed E-state index contributed by atoms with van der Waals surface area (Å²) in [5.74, 6) is -0.170. The third kappa shape index (κ3) is 4.20. The van der Waals surface area contributed by atoms with E-state index < -0.39 is 11.7 Å². The maximum Gasteiger partial charge on any atom is 0.410 e. The van der Waals surface area contributed by atoms with Crippen LogP contribution in [0, 0.1) is 0 Å². The van der Waals surface area contributed by atoms with E-state index in [-0.39, 0.29) is 12.3 Å². The lowest BCUT2D eigenvalue weighted by Crippen LogP contribution is -2.37. The van der Waals surface area contributed by atoms with Crippen LogP contribution in [0.2, 0.25) is 0 Å². The first kappa shape index (κ1) is 14.2. The molecule has 0 aliphatic heterocycles. The van der Waals surface area contributed by atoms with Gasteiger partial charge in [0.05, 0.1) is 18.3 Å². The third-order valence-electron chi connectivity index (χ3n) is 2.11. The molecule has 0 aromatic carbocycles. The van der Waals surface area contributed by atoms with Crippen molar-refractivity contribution in [3.8, 4) is 0 Å². The van der Waals surface area contributed by atoms with Crippen molar-refractivity contribution >= 4 is 11.9 Å². The van der Waals surface area contributed by atoms with E-state index in [0.29, 0.717) is 5.56 Å². The molecule has 0 N–H and O–H groups in total. The van der Waals surface area contributed by atoms with E-state index in [1.807, 2.05) is 0 Å². The molecule has 1 heterocycles. The average Bonchev–Trinajstić information content (AvgIpc) is 2.62. The minimum absolute atomic E-state index is 0.0272. The van der Waals surface area contributed by atoms with Crippen molar-refractivity contribution in [1.82, 2.24) is 14.7 Å². The largest absolute Gasteiger partial charge is 0.444 e. The fraction of sp³-hybridized carbons (Fsp3) is 0.583. The number of aromatic nitrogens is 2. The normalized spacial score (nSPS) is 11.2. The summed E-state index contributed by atoms with van der Waals surface area (Å²) in [6.45, 7) is 5.31. The molecule has 0 fully saturated rings. The number of hydrogen-bond acceptors (Lipinski definition) is 4. The topological polar surface area (TPSA) is 64.4 Å². The van der Waals surface area contributed by atoms with Gasteiger partial charge in [0.15, 0.2) is 5.78 Å². The van der Waals surface area contributed by atoms with Gasteiger partial charge in [0.2, 0.25) is 0 Å². The molecule has 1 aromatic heterocycles. The molecule has 0 radical (unpaired) electrons. The van der Waals surface area contributed by atoms with Crippen LogP contribution in [-0.2, 0) is 11.8 Å². The van der Waals surface area contributed by atoms with Crippen LogP contribution in [-0.4, -0.2) is 45.8 Å². The third-order valence-corrected chi connectivity index (χ3v) is 2.11. The zero-order valence-electron chi connectivity index (χ0n) is 11.4. The molecular formula is C12H19N3O3. The number of amides is 1. The lowest BCUT2D eigenvalue weighted by Gasteiger charge is -2.24. The molecule has 0 saturated heterocycles. The number of likely N-dealkylation sites (N-methyl/N-ethyl adjacent to an activating group) is 1. The number of ketones is 1. The highest BCUT2D eigenvalue weighted by Gasteiger charge is 2.21. The molecule has 1 amide bonds. The summed E-state index contributed by atoms with van der Waals surface area (Å²) < 4.78 is 6.70. The monoisotopic (exact) mass is 253 g/mol. The van der Waals surface area contributed by atoms with E-state index >= 15 is 0 Å². The quantitative estimate of drug-likeness (QED) is 0.765. The van der Waals surface area contributed by atoms with Crippen LogP contribution in [0.5, 0.6) is 0 Å². The number of carbonyl (C=O) groups is 2. The Kier molecular flexibility index (Phi) is 4.11. The Morgan fingerprint density at radius 3 is 2.50 bits per heavy atom. The fourth-order valence-electron chi connectivity index (χ4n) is 1.28. The Balaban J connectivity index is 2.57. The highest BCUT2D eigenvalue weighted by Crippen LogP contribution is 2.09. The summed E-state index contributed by atoms with van der Waals surface area (Å²) >= 11 is 0. The molecule has 0 bridgehead atoms. The molecule has 100 valence electrons. The first-order chi connectivity index (χ1) is 8.19. The standard InChI is InChI=1S/C12H19N3O3/c1-12(2,3)18-11(17)14(4)8-10(16)9-6-13-15(5)7-9/h6-7H,8H2,1-5H3. The van der Waals surface area contributed by atoms with Crippen LogP contribution < -0.4 is 0 Å². The van der Waals surface area contributed by atoms with Crippen molar-refractivity contribution in [2.45, 2.75) is 26.4 Å². The maximum absolute atomic E-state index is 11.8. The second-order valence-electron chi connectivity index (χ2n) is 5.16. The number of Topliss-reactive ketones (excluding diaryl/α,β-unsaturated/α-hetero) is 1. The highest BCUT2D eigenvalue weighted by atomic mass is 16.6. The van der Waals surface area contributed by atoms with Crippen molar-refractivity contribution in [2.24, 2.45) is 7.05 Å². The van der Waals surface area contributed by atoms with Crippen LogP contribution in [0.4, 0.5) is 4.79 Å². The molecule has 0 spiro atoms. The van der Waals surface area contributed by atoms with E-state index in [4.69, 9.17) is 4.74 Å². The van der Waals surface area contributed by atoms with Gasteiger partial charge in [-0.2, -0.15) is 5.10 Å². The van der Waals surface area contributed by atoms with Gasteiger partial charge in [0.25, 0.3) is 0 Å². The Hall–Kier alpha value is -1.85. The van der Waals surface area contributed by atoms with Gasteiger partial charge < -0.3 is 9.64 Å². The fourth-order valence-corrected chi connectivity index (χ4v) is 1.28. The molecule has 0 atom stereocenters. The van der Waals surface area contributed by atoms with Crippen LogP contribution in [0.25, 0.3) is 0 Å². The van der Waals surface area contributed by atoms with E-state index in [9.17, 15) is 9.59 Å². The van der Waals surface area contributed by atoms with Crippen molar-refractivity contribution in [3.05, 3.63) is 18.0 Å². The second-order valence-corrected chi connectivity index (χ2v) is 5.16. The summed E-state index contributed by atoms with van der Waals surface area (Å²) in [5, 5.41) is 3.91. The van der Waals surface area contributed by atoms with Gasteiger partial charge >= 0.3 is 6.09 Å². The van der Waals surface area contributed by atoms with E-state index in [1.54, 1.807) is 38.7 Å². The molecule has 0 aliphatic rings. The summed E-state index contributed by atoms with van der Waals surface area (Å²) in [5.41, 5.74) is -0.0872. The molecule has 1 aromatic rings. The molecular weight excluding hydrogens is 234 g/mol. The first-order valence-electron chi connectivity index (χ1n) is 5.65. The van der Waals surface area contributed by atoms with Gasteiger partial charge in [-0.3, -0.25) is 9.48 Å². The van der Waals surface area contributed by atoms with Gasteiger partial charge in [0, 0.05) is 20.3 Å². The van der Waals surface area contributed by atoms with E-state index in [0.717, 1.165) is 0 Å². The van der Waals surface area contributed by atoms with Crippen molar-refractivity contribution in [3.63, 3.8) is 0 Å². The molecule has 18 heavy (non-hydrogen) atoms.